The number of nitro groups is 1. The zero-order chi connectivity index (χ0) is 19.4. The number of nitrogens with zero attached hydrogens (tertiary/aromatic N) is 4. The Morgan fingerprint density at radius 3 is 2.74 bits per heavy atom. The molecule has 0 unspecified atom stereocenters. The van der Waals surface area contributed by atoms with Gasteiger partial charge < -0.3 is 10.1 Å². The average Bonchev–Trinajstić information content (AvgIpc) is 3.15. The van der Waals surface area contributed by atoms with Gasteiger partial charge in [0.15, 0.2) is 0 Å². The molecule has 0 bridgehead atoms. The van der Waals surface area contributed by atoms with E-state index in [0.29, 0.717) is 5.69 Å². The predicted octanol–water partition coefficient (Wildman–Crippen LogP) is 3.23. The number of hydrogen-bond acceptors (Lipinski definition) is 7. The molecule has 0 amide bonds. The SMILES string of the molecule is COC(=O)c1cc([N+](=O)[O-])c(NCc2cn(-c3ccccc3)nn2)cc1Cl. The molecule has 0 spiro atoms. The van der Waals surface area contributed by atoms with Gasteiger partial charge in [0.1, 0.15) is 11.4 Å². The molecule has 27 heavy (non-hydrogen) atoms. The number of benzene rings is 2. The highest BCUT2D eigenvalue weighted by atomic mass is 35.5. The third kappa shape index (κ3) is 4.04. The van der Waals surface area contributed by atoms with E-state index in [1.165, 1.54) is 13.2 Å². The van der Waals surface area contributed by atoms with Gasteiger partial charge in [-0.3, -0.25) is 10.1 Å². The smallest absolute Gasteiger partial charge is 0.339 e. The Morgan fingerprint density at radius 2 is 2.07 bits per heavy atom. The summed E-state index contributed by atoms with van der Waals surface area (Å²) < 4.78 is 6.17. The second-order valence-corrected chi connectivity index (χ2v) is 5.85. The summed E-state index contributed by atoms with van der Waals surface area (Å²) in [4.78, 5) is 22.4. The third-order valence-corrected chi connectivity index (χ3v) is 4.02. The first-order valence-corrected chi connectivity index (χ1v) is 8.14. The van der Waals surface area contributed by atoms with Gasteiger partial charge in [0.05, 0.1) is 41.0 Å². The number of aromatic nitrogens is 3. The summed E-state index contributed by atoms with van der Waals surface area (Å²) in [7, 11) is 1.17. The second kappa shape index (κ2) is 7.83. The highest BCUT2D eigenvalue weighted by molar-refractivity contribution is 6.34. The number of nitro benzene ring substituents is 1. The van der Waals surface area contributed by atoms with Gasteiger partial charge in [-0.05, 0) is 18.2 Å². The summed E-state index contributed by atoms with van der Waals surface area (Å²) in [6.07, 6.45) is 1.71. The van der Waals surface area contributed by atoms with Crippen LogP contribution in [0.3, 0.4) is 0 Å². The van der Waals surface area contributed by atoms with Crippen molar-refractivity contribution in [3.8, 4) is 5.69 Å². The van der Waals surface area contributed by atoms with Crippen molar-refractivity contribution in [2.45, 2.75) is 6.54 Å². The average molecular weight is 388 g/mol. The molecule has 0 aliphatic heterocycles. The Hall–Kier alpha value is -3.46. The van der Waals surface area contributed by atoms with Gasteiger partial charge in [0.25, 0.3) is 5.69 Å². The number of carbonyl (C=O) groups is 1. The van der Waals surface area contributed by atoms with Crippen molar-refractivity contribution in [3.63, 3.8) is 0 Å². The van der Waals surface area contributed by atoms with Crippen molar-refractivity contribution in [1.29, 1.82) is 0 Å². The molecule has 1 aromatic heterocycles. The van der Waals surface area contributed by atoms with E-state index >= 15 is 0 Å². The summed E-state index contributed by atoms with van der Waals surface area (Å²) in [5, 5.41) is 22.4. The number of anilines is 1. The quantitative estimate of drug-likeness (QED) is 0.392. The topological polar surface area (TPSA) is 112 Å². The van der Waals surface area contributed by atoms with E-state index in [0.717, 1.165) is 11.8 Å². The van der Waals surface area contributed by atoms with Crippen LogP contribution in [-0.4, -0.2) is 33.0 Å². The van der Waals surface area contributed by atoms with Crippen LogP contribution in [0.15, 0.2) is 48.7 Å². The number of ether oxygens (including phenoxy) is 1. The molecular formula is C17H14ClN5O4. The largest absolute Gasteiger partial charge is 0.465 e. The number of para-hydroxylation sites is 1. The van der Waals surface area contributed by atoms with Crippen molar-refractivity contribution in [2.75, 3.05) is 12.4 Å². The summed E-state index contributed by atoms with van der Waals surface area (Å²) in [5.74, 6) is -0.750. The van der Waals surface area contributed by atoms with Gasteiger partial charge in [-0.2, -0.15) is 0 Å². The molecule has 2 aromatic carbocycles. The molecule has 138 valence electrons. The third-order valence-electron chi connectivity index (χ3n) is 3.71. The second-order valence-electron chi connectivity index (χ2n) is 5.44. The summed E-state index contributed by atoms with van der Waals surface area (Å²) in [6, 6.07) is 11.8. The highest BCUT2D eigenvalue weighted by Crippen LogP contribution is 2.32. The molecule has 0 saturated heterocycles. The molecule has 0 atom stereocenters. The zero-order valence-corrected chi connectivity index (χ0v) is 14.9. The maximum Gasteiger partial charge on any atom is 0.339 e. The van der Waals surface area contributed by atoms with Gasteiger partial charge in [0.2, 0.25) is 0 Å². The van der Waals surface area contributed by atoms with Crippen LogP contribution in [0.1, 0.15) is 16.1 Å². The highest BCUT2D eigenvalue weighted by Gasteiger charge is 2.21. The van der Waals surface area contributed by atoms with Crippen LogP contribution in [0.25, 0.3) is 5.69 Å². The number of rotatable bonds is 6. The number of hydrogen-bond donors (Lipinski definition) is 1. The molecule has 10 heteroatoms. The van der Waals surface area contributed by atoms with E-state index in [-0.39, 0.29) is 28.5 Å². The fraction of sp³-hybridized carbons (Fsp3) is 0.118. The fourth-order valence-electron chi connectivity index (χ4n) is 2.39. The Bertz CT molecular complexity index is 990. The Kier molecular flexibility index (Phi) is 5.32. The van der Waals surface area contributed by atoms with E-state index in [4.69, 9.17) is 11.6 Å². The molecule has 3 rings (SSSR count). The normalized spacial score (nSPS) is 10.4. The van der Waals surface area contributed by atoms with Gasteiger partial charge >= 0.3 is 5.97 Å². The van der Waals surface area contributed by atoms with Gasteiger partial charge in [0, 0.05) is 6.07 Å². The summed E-state index contributed by atoms with van der Waals surface area (Å²) >= 11 is 6.05. The molecule has 0 fully saturated rings. The first-order chi connectivity index (χ1) is 13.0. The lowest BCUT2D eigenvalue weighted by Gasteiger charge is -2.08. The number of methoxy groups -OCH3 is 1. The number of esters is 1. The lowest BCUT2D eigenvalue weighted by molar-refractivity contribution is -0.384. The van der Waals surface area contributed by atoms with Crippen LogP contribution < -0.4 is 5.32 Å². The maximum absolute atomic E-state index is 11.7. The Balaban J connectivity index is 1.82. The van der Waals surface area contributed by atoms with Crippen molar-refractivity contribution in [1.82, 2.24) is 15.0 Å². The van der Waals surface area contributed by atoms with Crippen LogP contribution in [0.4, 0.5) is 11.4 Å². The first-order valence-electron chi connectivity index (χ1n) is 7.76. The molecular weight excluding hydrogens is 374 g/mol. The van der Waals surface area contributed by atoms with Crippen molar-refractivity contribution in [2.24, 2.45) is 0 Å². The minimum atomic E-state index is -0.750. The predicted molar refractivity (Wildman–Crippen MR) is 98.1 cm³/mol. The van der Waals surface area contributed by atoms with Gasteiger partial charge in [-0.25, -0.2) is 9.48 Å². The van der Waals surface area contributed by atoms with Crippen molar-refractivity contribution < 1.29 is 14.5 Å². The number of carbonyl (C=O) groups excluding carboxylic acids is 1. The Labute approximate surface area is 158 Å². The summed E-state index contributed by atoms with van der Waals surface area (Å²) in [6.45, 7) is 0.182. The summed E-state index contributed by atoms with van der Waals surface area (Å²) in [5.41, 5.74) is 1.20. The van der Waals surface area contributed by atoms with Gasteiger partial charge in [-0.15, -0.1) is 5.10 Å². The molecule has 0 saturated carbocycles. The first kappa shape index (κ1) is 18.3. The minimum Gasteiger partial charge on any atom is -0.465 e. The fourth-order valence-corrected chi connectivity index (χ4v) is 2.63. The molecule has 1 heterocycles. The molecule has 0 radical (unpaired) electrons. The van der Waals surface area contributed by atoms with Crippen LogP contribution in [0.2, 0.25) is 5.02 Å². The van der Waals surface area contributed by atoms with E-state index in [1.54, 1.807) is 10.9 Å². The van der Waals surface area contributed by atoms with E-state index < -0.39 is 10.9 Å². The monoisotopic (exact) mass is 387 g/mol. The lowest BCUT2D eigenvalue weighted by atomic mass is 10.1. The zero-order valence-electron chi connectivity index (χ0n) is 14.1. The van der Waals surface area contributed by atoms with Crippen LogP contribution in [-0.2, 0) is 11.3 Å². The number of halogens is 1. The lowest BCUT2D eigenvalue weighted by Crippen LogP contribution is -2.07. The van der Waals surface area contributed by atoms with Crippen LogP contribution in [0.5, 0.6) is 0 Å². The van der Waals surface area contributed by atoms with Crippen molar-refractivity contribution in [3.05, 3.63) is 75.1 Å². The van der Waals surface area contributed by atoms with Crippen LogP contribution >= 0.6 is 11.6 Å². The van der Waals surface area contributed by atoms with Crippen molar-refractivity contribution >= 4 is 28.9 Å². The molecule has 0 aliphatic rings. The number of nitrogens with one attached hydrogen (secondary N) is 1. The standard InChI is InChI=1S/C17H14ClN5O4/c1-27-17(24)13-7-16(23(25)26)15(8-14(13)18)19-9-11-10-22(21-20-11)12-5-3-2-4-6-12/h2-8,10,19H,9H2,1H3. The molecule has 3 aromatic rings. The maximum atomic E-state index is 11.7. The minimum absolute atomic E-state index is 0.0443. The van der Waals surface area contributed by atoms with Gasteiger partial charge in [-0.1, -0.05) is 35.0 Å². The van der Waals surface area contributed by atoms with E-state index in [2.05, 4.69) is 20.4 Å². The molecule has 1 N–H and O–H groups in total. The van der Waals surface area contributed by atoms with E-state index in [9.17, 15) is 14.9 Å². The van der Waals surface area contributed by atoms with Crippen LogP contribution in [0, 0.1) is 10.1 Å². The molecule has 0 aliphatic carbocycles. The molecule has 9 nitrogen and oxygen atoms in total. The Morgan fingerprint density at radius 1 is 1.33 bits per heavy atom. The van der Waals surface area contributed by atoms with E-state index in [1.807, 2.05) is 30.3 Å².